The van der Waals surface area contributed by atoms with E-state index in [2.05, 4.69) is 10.0 Å². The highest BCUT2D eigenvalue weighted by Crippen LogP contribution is 2.21. The zero-order valence-corrected chi connectivity index (χ0v) is 17.8. The topological polar surface area (TPSA) is 75.3 Å². The Morgan fingerprint density at radius 1 is 0.967 bits per heavy atom. The third-order valence-corrected chi connectivity index (χ3v) is 6.13. The predicted molar refractivity (Wildman–Crippen MR) is 115 cm³/mol. The zero-order chi connectivity index (χ0) is 21.9. The van der Waals surface area contributed by atoms with Crippen molar-refractivity contribution in [2.45, 2.75) is 31.7 Å². The average molecular weight is 427 g/mol. The maximum absolute atomic E-state index is 13.0. The molecule has 0 aliphatic heterocycles. The van der Waals surface area contributed by atoms with Gasteiger partial charge in [-0.15, -0.1) is 0 Å². The van der Waals surface area contributed by atoms with Gasteiger partial charge in [-0.05, 0) is 74.4 Å². The summed E-state index contributed by atoms with van der Waals surface area (Å²) in [5, 5.41) is 2.92. The first-order chi connectivity index (χ1) is 14.2. The van der Waals surface area contributed by atoms with Crippen molar-refractivity contribution in [1.82, 2.24) is 5.32 Å². The van der Waals surface area contributed by atoms with E-state index >= 15 is 0 Å². The van der Waals surface area contributed by atoms with Crippen molar-refractivity contribution >= 4 is 21.6 Å². The van der Waals surface area contributed by atoms with Gasteiger partial charge in [-0.25, -0.2) is 12.8 Å². The lowest BCUT2D eigenvalue weighted by molar-refractivity contribution is 0.0939. The minimum Gasteiger partial charge on any atom is -0.346 e. The van der Waals surface area contributed by atoms with Gasteiger partial charge in [0.25, 0.3) is 15.9 Å². The summed E-state index contributed by atoms with van der Waals surface area (Å²) in [6, 6.07) is 16.6. The lowest BCUT2D eigenvalue weighted by Gasteiger charge is -2.18. The number of rotatable bonds is 6. The summed E-state index contributed by atoms with van der Waals surface area (Å²) in [4.78, 5) is 12.7. The van der Waals surface area contributed by atoms with Crippen LogP contribution >= 0.6 is 0 Å². The molecule has 0 saturated heterocycles. The molecule has 3 aromatic carbocycles. The molecule has 0 aliphatic carbocycles. The molecule has 0 saturated carbocycles. The number of hydrogen-bond acceptors (Lipinski definition) is 3. The number of carbonyl (C=O) groups excluding carboxylic acids is 1. The Labute approximate surface area is 176 Å². The quantitative estimate of drug-likeness (QED) is 0.598. The number of benzene rings is 3. The van der Waals surface area contributed by atoms with Gasteiger partial charge in [0.1, 0.15) is 5.82 Å². The van der Waals surface area contributed by atoms with Crippen molar-refractivity contribution in [3.63, 3.8) is 0 Å². The normalized spacial score (nSPS) is 12.3. The number of amides is 1. The van der Waals surface area contributed by atoms with E-state index in [9.17, 15) is 17.6 Å². The van der Waals surface area contributed by atoms with Crippen LogP contribution in [0.1, 0.15) is 40.0 Å². The van der Waals surface area contributed by atoms with E-state index in [0.29, 0.717) is 0 Å². The maximum Gasteiger partial charge on any atom is 0.261 e. The molecule has 0 bridgehead atoms. The molecule has 0 fully saturated rings. The fourth-order valence-corrected chi connectivity index (χ4v) is 4.22. The van der Waals surface area contributed by atoms with Crippen molar-refractivity contribution in [2.24, 2.45) is 0 Å². The van der Waals surface area contributed by atoms with Crippen LogP contribution in [-0.4, -0.2) is 14.3 Å². The van der Waals surface area contributed by atoms with Crippen LogP contribution in [0.4, 0.5) is 10.1 Å². The number of sulfonamides is 1. The van der Waals surface area contributed by atoms with E-state index in [4.69, 9.17) is 0 Å². The minimum atomic E-state index is -3.93. The second kappa shape index (κ2) is 8.67. The Morgan fingerprint density at radius 2 is 1.67 bits per heavy atom. The average Bonchev–Trinajstić information content (AvgIpc) is 2.71. The van der Waals surface area contributed by atoms with Crippen LogP contribution in [0.5, 0.6) is 0 Å². The standard InChI is InChI=1S/C23H23FN2O3S/c1-15-7-8-16(2)22(13-15)17(3)25-23(27)18-5-4-6-21(14-18)30(28,29)26-20-11-9-19(24)10-12-20/h4-14,17,26H,1-3H3,(H,25,27)/t17-/m0/s1. The van der Waals surface area contributed by atoms with Gasteiger partial charge in [0, 0.05) is 11.3 Å². The van der Waals surface area contributed by atoms with Crippen LogP contribution < -0.4 is 10.0 Å². The molecule has 0 aliphatic rings. The van der Waals surface area contributed by atoms with E-state index in [-0.39, 0.29) is 28.1 Å². The lowest BCUT2D eigenvalue weighted by Crippen LogP contribution is -2.27. The molecule has 3 aromatic rings. The summed E-state index contributed by atoms with van der Waals surface area (Å²) in [7, 11) is -3.93. The first kappa shape index (κ1) is 21.5. The molecular formula is C23H23FN2O3S. The molecule has 0 unspecified atom stereocenters. The molecule has 7 heteroatoms. The number of halogens is 1. The monoisotopic (exact) mass is 426 g/mol. The fourth-order valence-electron chi connectivity index (χ4n) is 3.12. The van der Waals surface area contributed by atoms with Crippen molar-refractivity contribution < 1.29 is 17.6 Å². The molecule has 30 heavy (non-hydrogen) atoms. The smallest absolute Gasteiger partial charge is 0.261 e. The molecule has 1 amide bonds. The summed E-state index contributed by atoms with van der Waals surface area (Å²) in [6.07, 6.45) is 0. The van der Waals surface area contributed by atoms with E-state index in [0.717, 1.165) is 28.8 Å². The van der Waals surface area contributed by atoms with Gasteiger partial charge >= 0.3 is 0 Å². The molecule has 5 nitrogen and oxygen atoms in total. The van der Waals surface area contributed by atoms with Crippen molar-refractivity contribution in [3.05, 3.63) is 94.8 Å². The molecular weight excluding hydrogens is 403 g/mol. The van der Waals surface area contributed by atoms with Crippen LogP contribution in [-0.2, 0) is 10.0 Å². The number of aryl methyl sites for hydroxylation is 2. The Bertz CT molecular complexity index is 1180. The van der Waals surface area contributed by atoms with Crippen molar-refractivity contribution in [3.8, 4) is 0 Å². The van der Waals surface area contributed by atoms with Crippen LogP contribution in [0.2, 0.25) is 0 Å². The highest BCUT2D eigenvalue weighted by atomic mass is 32.2. The fraction of sp³-hybridized carbons (Fsp3) is 0.174. The largest absolute Gasteiger partial charge is 0.346 e. The first-order valence-electron chi connectivity index (χ1n) is 9.42. The number of carbonyl (C=O) groups is 1. The van der Waals surface area contributed by atoms with E-state index in [1.165, 1.54) is 30.3 Å². The second-order valence-electron chi connectivity index (χ2n) is 7.20. The molecule has 0 radical (unpaired) electrons. The molecule has 2 N–H and O–H groups in total. The molecule has 3 rings (SSSR count). The molecule has 0 aromatic heterocycles. The minimum absolute atomic E-state index is 0.0566. The van der Waals surface area contributed by atoms with Crippen LogP contribution in [0.3, 0.4) is 0 Å². The number of nitrogens with one attached hydrogen (secondary N) is 2. The first-order valence-corrected chi connectivity index (χ1v) is 10.9. The van der Waals surface area contributed by atoms with Gasteiger partial charge in [-0.3, -0.25) is 9.52 Å². The summed E-state index contributed by atoms with van der Waals surface area (Å²) in [5.74, 6) is -0.836. The van der Waals surface area contributed by atoms with E-state index in [1.54, 1.807) is 6.07 Å². The Kier molecular flexibility index (Phi) is 6.22. The van der Waals surface area contributed by atoms with E-state index < -0.39 is 15.8 Å². The molecule has 0 spiro atoms. The molecule has 0 heterocycles. The third-order valence-electron chi connectivity index (χ3n) is 4.75. The van der Waals surface area contributed by atoms with Gasteiger partial charge in [-0.1, -0.05) is 29.8 Å². The van der Waals surface area contributed by atoms with Crippen molar-refractivity contribution in [2.75, 3.05) is 4.72 Å². The Hall–Kier alpha value is -3.19. The van der Waals surface area contributed by atoms with Crippen molar-refractivity contribution in [1.29, 1.82) is 0 Å². The highest BCUT2D eigenvalue weighted by molar-refractivity contribution is 7.92. The number of anilines is 1. The summed E-state index contributed by atoms with van der Waals surface area (Å²) in [5.41, 5.74) is 3.62. The number of hydrogen-bond donors (Lipinski definition) is 2. The van der Waals surface area contributed by atoms with Gasteiger partial charge < -0.3 is 5.32 Å². The van der Waals surface area contributed by atoms with Gasteiger partial charge in [0.05, 0.1) is 10.9 Å². The maximum atomic E-state index is 13.0. The Balaban J connectivity index is 1.79. The van der Waals surface area contributed by atoms with Gasteiger partial charge in [0.15, 0.2) is 0 Å². The van der Waals surface area contributed by atoms with Gasteiger partial charge in [0.2, 0.25) is 0 Å². The summed E-state index contributed by atoms with van der Waals surface area (Å²) < 4.78 is 40.7. The van der Waals surface area contributed by atoms with Gasteiger partial charge in [-0.2, -0.15) is 0 Å². The van der Waals surface area contributed by atoms with E-state index in [1.807, 2.05) is 39.0 Å². The van der Waals surface area contributed by atoms with Crippen LogP contribution in [0.15, 0.2) is 71.6 Å². The van der Waals surface area contributed by atoms with Crippen LogP contribution in [0.25, 0.3) is 0 Å². The predicted octanol–water partition coefficient (Wildman–Crippen LogP) is 4.73. The zero-order valence-electron chi connectivity index (χ0n) is 16.9. The summed E-state index contributed by atoms with van der Waals surface area (Å²) in [6.45, 7) is 5.85. The summed E-state index contributed by atoms with van der Waals surface area (Å²) >= 11 is 0. The molecule has 156 valence electrons. The van der Waals surface area contributed by atoms with Crippen LogP contribution in [0, 0.1) is 19.7 Å². The Morgan fingerprint density at radius 3 is 2.37 bits per heavy atom. The molecule has 1 atom stereocenters. The second-order valence-corrected chi connectivity index (χ2v) is 8.88. The third kappa shape index (κ3) is 5.04. The lowest BCUT2D eigenvalue weighted by atomic mass is 10.00. The SMILES string of the molecule is Cc1ccc(C)c([C@H](C)NC(=O)c2cccc(S(=O)(=O)Nc3ccc(F)cc3)c2)c1. The highest BCUT2D eigenvalue weighted by Gasteiger charge is 2.18.